The summed E-state index contributed by atoms with van der Waals surface area (Å²) in [7, 11) is 0. The molecule has 8 nitrogen and oxygen atoms in total. The molecule has 0 saturated heterocycles. The second kappa shape index (κ2) is 10.4. The van der Waals surface area contributed by atoms with Gasteiger partial charge in [-0.1, -0.05) is 35.5 Å². The van der Waals surface area contributed by atoms with Crippen molar-refractivity contribution in [1.82, 2.24) is 5.16 Å². The predicted molar refractivity (Wildman–Crippen MR) is 126 cm³/mol. The maximum Gasteiger partial charge on any atom is 0.412 e. The average Bonchev–Trinajstić information content (AvgIpc) is 3.20. The van der Waals surface area contributed by atoms with Crippen LogP contribution < -0.4 is 10.1 Å². The van der Waals surface area contributed by atoms with E-state index < -0.39 is 18.2 Å². The van der Waals surface area contributed by atoms with Gasteiger partial charge >= 0.3 is 12.1 Å². The van der Waals surface area contributed by atoms with Gasteiger partial charge in [0, 0.05) is 5.56 Å². The van der Waals surface area contributed by atoms with Crippen LogP contribution in [0.3, 0.4) is 0 Å². The number of ether oxygens (including phenoxy) is 2. The molecule has 0 unspecified atom stereocenters. The molecule has 1 fully saturated rings. The van der Waals surface area contributed by atoms with Crippen molar-refractivity contribution in [3.8, 4) is 17.1 Å². The molecule has 2 aromatic carbocycles. The van der Waals surface area contributed by atoms with E-state index in [1.807, 2.05) is 42.5 Å². The first-order valence-corrected chi connectivity index (χ1v) is 11.4. The Kier molecular flexibility index (Phi) is 7.15. The van der Waals surface area contributed by atoms with Gasteiger partial charge in [0.15, 0.2) is 5.76 Å². The third-order valence-electron chi connectivity index (χ3n) is 6.04. The number of carboxylic acid groups (broad SMARTS) is 1. The minimum atomic E-state index is -0.763. The molecule has 1 aliphatic rings. The Bertz CT molecular complexity index is 1130. The first-order chi connectivity index (χ1) is 16.4. The summed E-state index contributed by atoms with van der Waals surface area (Å²) >= 11 is 0. The number of benzene rings is 2. The zero-order valence-electron chi connectivity index (χ0n) is 19.2. The lowest BCUT2D eigenvalue weighted by Gasteiger charge is -2.27. The molecule has 1 amide bonds. The van der Waals surface area contributed by atoms with Crippen LogP contribution in [-0.4, -0.2) is 28.4 Å². The number of aliphatic carboxylic acids is 1. The molecule has 0 spiro atoms. The minimum absolute atomic E-state index is 0.119. The molecule has 1 saturated carbocycles. The number of carboxylic acids is 1. The normalized spacial score (nSPS) is 18.6. The van der Waals surface area contributed by atoms with Crippen molar-refractivity contribution < 1.29 is 28.7 Å². The number of hydrogen-bond acceptors (Lipinski definition) is 6. The van der Waals surface area contributed by atoms with Crippen LogP contribution in [0.5, 0.6) is 5.75 Å². The van der Waals surface area contributed by atoms with Crippen LogP contribution in [-0.2, 0) is 9.53 Å². The number of aryl methyl sites for hydroxylation is 1. The van der Waals surface area contributed by atoms with E-state index in [0.29, 0.717) is 41.3 Å². The van der Waals surface area contributed by atoms with Crippen molar-refractivity contribution in [3.63, 3.8) is 0 Å². The first kappa shape index (κ1) is 23.4. The number of anilines is 1. The number of amides is 1. The highest BCUT2D eigenvalue weighted by Gasteiger charge is 2.28. The monoisotopic (exact) mass is 464 g/mol. The fourth-order valence-electron chi connectivity index (χ4n) is 4.15. The molecule has 178 valence electrons. The number of carbonyl (C=O) groups is 2. The quantitative estimate of drug-likeness (QED) is 0.442. The second-order valence-corrected chi connectivity index (χ2v) is 8.52. The number of carbonyl (C=O) groups excluding carboxylic acids is 1. The van der Waals surface area contributed by atoms with Gasteiger partial charge in [-0.2, -0.15) is 0 Å². The number of nitrogens with one attached hydrogen (secondary N) is 1. The maximum absolute atomic E-state index is 12.5. The highest BCUT2D eigenvalue weighted by Crippen LogP contribution is 2.33. The summed E-state index contributed by atoms with van der Waals surface area (Å²) in [5.74, 6) is -0.0483. The molecule has 0 radical (unpaired) electrons. The zero-order chi connectivity index (χ0) is 24.1. The summed E-state index contributed by atoms with van der Waals surface area (Å²) in [5, 5.41) is 16.0. The summed E-state index contributed by atoms with van der Waals surface area (Å²) in [6, 6.07) is 16.7. The lowest BCUT2D eigenvalue weighted by Crippen LogP contribution is -2.29. The zero-order valence-corrected chi connectivity index (χ0v) is 19.2. The van der Waals surface area contributed by atoms with Gasteiger partial charge in [0.05, 0.1) is 12.0 Å². The van der Waals surface area contributed by atoms with Crippen LogP contribution >= 0.6 is 0 Å². The van der Waals surface area contributed by atoms with Crippen LogP contribution in [0.25, 0.3) is 11.3 Å². The Morgan fingerprint density at radius 3 is 2.56 bits per heavy atom. The Hall–Kier alpha value is -3.81. The molecule has 8 heteroatoms. The van der Waals surface area contributed by atoms with Gasteiger partial charge in [-0.25, -0.2) is 4.79 Å². The van der Waals surface area contributed by atoms with E-state index in [2.05, 4.69) is 10.5 Å². The fourth-order valence-corrected chi connectivity index (χ4v) is 4.15. The second-order valence-electron chi connectivity index (χ2n) is 8.52. The van der Waals surface area contributed by atoms with E-state index in [1.165, 1.54) is 0 Å². The molecule has 1 aliphatic carbocycles. The number of aromatic nitrogens is 1. The van der Waals surface area contributed by atoms with Crippen LogP contribution in [0.15, 0.2) is 59.1 Å². The van der Waals surface area contributed by atoms with E-state index in [-0.39, 0.29) is 12.0 Å². The van der Waals surface area contributed by atoms with E-state index in [0.717, 1.165) is 18.4 Å². The smallest absolute Gasteiger partial charge is 0.412 e. The minimum Gasteiger partial charge on any atom is -0.490 e. The van der Waals surface area contributed by atoms with Crippen molar-refractivity contribution in [1.29, 1.82) is 0 Å². The van der Waals surface area contributed by atoms with E-state index in [9.17, 15) is 14.7 Å². The third kappa shape index (κ3) is 5.57. The highest BCUT2D eigenvalue weighted by atomic mass is 16.6. The molecule has 0 bridgehead atoms. The first-order valence-electron chi connectivity index (χ1n) is 11.4. The van der Waals surface area contributed by atoms with Crippen molar-refractivity contribution in [2.24, 2.45) is 5.92 Å². The molecule has 2 N–H and O–H groups in total. The Balaban J connectivity index is 1.41. The number of nitrogens with zero attached hydrogens (tertiary/aromatic N) is 1. The molecule has 1 aromatic heterocycles. The molecule has 34 heavy (non-hydrogen) atoms. The molecular formula is C26H28N2O6. The topological polar surface area (TPSA) is 111 Å². The van der Waals surface area contributed by atoms with Gasteiger partial charge in [-0.3, -0.25) is 10.1 Å². The van der Waals surface area contributed by atoms with Crippen LogP contribution in [0.4, 0.5) is 10.5 Å². The molecule has 0 aliphatic heterocycles. The van der Waals surface area contributed by atoms with Crippen LogP contribution in [0.2, 0.25) is 0 Å². The van der Waals surface area contributed by atoms with Crippen molar-refractivity contribution in [2.75, 3.05) is 5.32 Å². The number of hydrogen-bond donors (Lipinski definition) is 2. The highest BCUT2D eigenvalue weighted by molar-refractivity contribution is 5.90. The maximum atomic E-state index is 12.5. The molecule has 3 aromatic rings. The summed E-state index contributed by atoms with van der Waals surface area (Å²) in [6.45, 7) is 3.54. The van der Waals surface area contributed by atoms with Gasteiger partial charge in [-0.05, 0) is 69.4 Å². The lowest BCUT2D eigenvalue weighted by molar-refractivity contribution is -0.143. The molecule has 3 atom stereocenters. The Morgan fingerprint density at radius 2 is 1.85 bits per heavy atom. The average molecular weight is 465 g/mol. The van der Waals surface area contributed by atoms with E-state index in [4.69, 9.17) is 14.0 Å². The van der Waals surface area contributed by atoms with Gasteiger partial charge in [-0.15, -0.1) is 0 Å². The Morgan fingerprint density at radius 1 is 1.12 bits per heavy atom. The van der Waals surface area contributed by atoms with Crippen LogP contribution in [0.1, 0.15) is 50.0 Å². The molecule has 1 heterocycles. The number of rotatable bonds is 7. The van der Waals surface area contributed by atoms with Gasteiger partial charge < -0.3 is 19.1 Å². The molecule has 4 rings (SSSR count). The summed E-state index contributed by atoms with van der Waals surface area (Å²) in [4.78, 5) is 23.8. The van der Waals surface area contributed by atoms with E-state index in [1.54, 1.807) is 26.0 Å². The third-order valence-corrected chi connectivity index (χ3v) is 6.04. The van der Waals surface area contributed by atoms with Crippen molar-refractivity contribution >= 4 is 17.7 Å². The van der Waals surface area contributed by atoms with E-state index >= 15 is 0 Å². The fraction of sp³-hybridized carbons (Fsp3) is 0.346. The predicted octanol–water partition coefficient (Wildman–Crippen LogP) is 5.98. The van der Waals surface area contributed by atoms with Gasteiger partial charge in [0.2, 0.25) is 0 Å². The van der Waals surface area contributed by atoms with Gasteiger partial charge in [0.25, 0.3) is 0 Å². The summed E-state index contributed by atoms with van der Waals surface area (Å²) < 4.78 is 17.0. The summed E-state index contributed by atoms with van der Waals surface area (Å²) in [5.41, 5.74) is 2.58. The standard InChI is InChI=1S/C26H28N2O6/c1-16-23(27-26(31)32-17(2)18-7-4-3-5-8-18)24(34-28-16)19-11-13-21(14-12-19)33-22-10-6-9-20(15-22)25(29)30/h3-5,7-8,11-14,17,20,22H,6,9-10,15H2,1-2H3,(H,27,31)(H,29,30)/t17-,20+,22+/m1/s1. The SMILES string of the molecule is Cc1noc(-c2ccc(O[C@H]3CCC[C@H](C(=O)O)C3)cc2)c1NC(=O)O[C@H](C)c1ccccc1. The Labute approximate surface area is 197 Å². The van der Waals surface area contributed by atoms with Crippen molar-refractivity contribution in [3.05, 3.63) is 65.9 Å². The largest absolute Gasteiger partial charge is 0.490 e. The summed E-state index contributed by atoms with van der Waals surface area (Å²) in [6.07, 6.45) is 1.75. The molecular weight excluding hydrogens is 436 g/mol. The van der Waals surface area contributed by atoms with Gasteiger partial charge in [0.1, 0.15) is 23.2 Å². The lowest BCUT2D eigenvalue weighted by atomic mass is 9.87. The van der Waals surface area contributed by atoms with Crippen molar-refractivity contribution in [2.45, 2.75) is 51.7 Å². The van der Waals surface area contributed by atoms with Crippen LogP contribution in [0, 0.1) is 12.8 Å².